The molecule has 1 N–H and O–H groups in total. The van der Waals surface area contributed by atoms with E-state index in [4.69, 9.17) is 11.6 Å². The first-order valence-corrected chi connectivity index (χ1v) is 7.24. The summed E-state index contributed by atoms with van der Waals surface area (Å²) < 4.78 is 38.8. The SMILES string of the molecule is FC(F)(F)c1cc(Cl)cc(NCc2cc(Br)cs2)c1. The van der Waals surface area contributed by atoms with Crippen LogP contribution >= 0.6 is 38.9 Å². The Morgan fingerprint density at radius 3 is 2.53 bits per heavy atom. The third kappa shape index (κ3) is 4.12. The van der Waals surface area contributed by atoms with Gasteiger partial charge < -0.3 is 5.32 Å². The summed E-state index contributed by atoms with van der Waals surface area (Å²) in [6.45, 7) is 0.452. The predicted molar refractivity (Wildman–Crippen MR) is 75.8 cm³/mol. The average Bonchev–Trinajstić information content (AvgIpc) is 2.71. The van der Waals surface area contributed by atoms with Crippen molar-refractivity contribution in [2.45, 2.75) is 12.7 Å². The lowest BCUT2D eigenvalue weighted by atomic mass is 10.2. The van der Waals surface area contributed by atoms with Gasteiger partial charge in [-0.3, -0.25) is 0 Å². The molecule has 0 saturated carbocycles. The zero-order chi connectivity index (χ0) is 14.0. The molecule has 0 amide bonds. The first kappa shape index (κ1) is 14.7. The van der Waals surface area contributed by atoms with Gasteiger partial charge in [0.05, 0.1) is 5.56 Å². The highest BCUT2D eigenvalue weighted by atomic mass is 79.9. The molecular weight excluding hydrogens is 363 g/mol. The van der Waals surface area contributed by atoms with Crippen molar-refractivity contribution in [3.05, 3.63) is 49.6 Å². The van der Waals surface area contributed by atoms with Gasteiger partial charge in [0, 0.05) is 32.0 Å². The van der Waals surface area contributed by atoms with Crippen LogP contribution < -0.4 is 5.32 Å². The van der Waals surface area contributed by atoms with E-state index in [2.05, 4.69) is 21.2 Å². The van der Waals surface area contributed by atoms with Crippen LogP contribution in [0.15, 0.2) is 34.1 Å². The van der Waals surface area contributed by atoms with Crippen molar-refractivity contribution in [2.24, 2.45) is 0 Å². The van der Waals surface area contributed by atoms with Gasteiger partial charge >= 0.3 is 6.18 Å². The van der Waals surface area contributed by atoms with Crippen LogP contribution in [0.5, 0.6) is 0 Å². The normalized spacial score (nSPS) is 11.6. The van der Waals surface area contributed by atoms with Gasteiger partial charge in [-0.25, -0.2) is 0 Å². The summed E-state index contributed by atoms with van der Waals surface area (Å²) in [5.74, 6) is 0. The highest BCUT2D eigenvalue weighted by Gasteiger charge is 2.31. The Hall–Kier alpha value is -0.720. The van der Waals surface area contributed by atoms with Gasteiger partial charge in [0.1, 0.15) is 0 Å². The second kappa shape index (κ2) is 5.73. The Labute approximate surface area is 125 Å². The molecule has 0 bridgehead atoms. The molecule has 0 aliphatic heterocycles. The van der Waals surface area contributed by atoms with E-state index in [1.165, 1.54) is 17.4 Å². The zero-order valence-electron chi connectivity index (χ0n) is 9.39. The molecule has 0 aliphatic carbocycles. The summed E-state index contributed by atoms with van der Waals surface area (Å²) >= 11 is 10.5. The van der Waals surface area contributed by atoms with Crippen molar-refractivity contribution >= 4 is 44.6 Å². The Bertz CT molecular complexity index is 583. The fourth-order valence-electron chi connectivity index (χ4n) is 1.49. The largest absolute Gasteiger partial charge is 0.416 e. The van der Waals surface area contributed by atoms with E-state index in [0.29, 0.717) is 12.2 Å². The smallest absolute Gasteiger partial charge is 0.380 e. The third-order valence-corrected chi connectivity index (χ3v) is 4.23. The highest BCUT2D eigenvalue weighted by molar-refractivity contribution is 9.10. The van der Waals surface area contributed by atoms with Gasteiger partial charge in [-0.1, -0.05) is 11.6 Å². The van der Waals surface area contributed by atoms with Crippen LogP contribution in [0.2, 0.25) is 5.02 Å². The van der Waals surface area contributed by atoms with Crippen molar-refractivity contribution < 1.29 is 13.2 Å². The molecule has 0 radical (unpaired) electrons. The summed E-state index contributed by atoms with van der Waals surface area (Å²) in [7, 11) is 0. The number of thiophene rings is 1. The Balaban J connectivity index is 2.14. The van der Waals surface area contributed by atoms with Crippen LogP contribution in [-0.4, -0.2) is 0 Å². The van der Waals surface area contributed by atoms with E-state index in [1.54, 1.807) is 0 Å². The van der Waals surface area contributed by atoms with E-state index >= 15 is 0 Å². The summed E-state index contributed by atoms with van der Waals surface area (Å²) in [4.78, 5) is 1.01. The maximum atomic E-state index is 12.6. The summed E-state index contributed by atoms with van der Waals surface area (Å²) in [6.07, 6.45) is -4.40. The number of alkyl halides is 3. The lowest BCUT2D eigenvalue weighted by Crippen LogP contribution is -2.06. The molecule has 0 aliphatic rings. The van der Waals surface area contributed by atoms with E-state index in [9.17, 15) is 13.2 Å². The van der Waals surface area contributed by atoms with E-state index < -0.39 is 11.7 Å². The first-order chi connectivity index (χ1) is 8.84. The van der Waals surface area contributed by atoms with Crippen LogP contribution in [0.1, 0.15) is 10.4 Å². The minimum Gasteiger partial charge on any atom is -0.380 e. The fourth-order valence-corrected chi connectivity index (χ4v) is 3.12. The molecule has 1 nitrogen and oxygen atoms in total. The maximum absolute atomic E-state index is 12.6. The number of nitrogens with one attached hydrogen (secondary N) is 1. The Morgan fingerprint density at radius 1 is 1.21 bits per heavy atom. The van der Waals surface area contributed by atoms with Gasteiger partial charge in [-0.2, -0.15) is 13.2 Å². The predicted octanol–water partition coefficient (Wildman–Crippen LogP) is 5.79. The Kier molecular flexibility index (Phi) is 4.43. The number of benzene rings is 1. The lowest BCUT2D eigenvalue weighted by molar-refractivity contribution is -0.137. The van der Waals surface area contributed by atoms with Crippen molar-refractivity contribution in [2.75, 3.05) is 5.32 Å². The molecule has 1 aromatic carbocycles. The van der Waals surface area contributed by atoms with Gasteiger partial charge in [-0.15, -0.1) is 11.3 Å². The molecule has 1 heterocycles. The maximum Gasteiger partial charge on any atom is 0.416 e. The van der Waals surface area contributed by atoms with Gasteiger partial charge in [0.2, 0.25) is 0 Å². The molecule has 0 saturated heterocycles. The summed E-state index contributed by atoms with van der Waals surface area (Å²) in [5.41, 5.74) is -0.404. The molecule has 1 aromatic heterocycles. The quantitative estimate of drug-likeness (QED) is 0.720. The number of anilines is 1. The number of hydrogen-bond donors (Lipinski definition) is 1. The van der Waals surface area contributed by atoms with Gasteiger partial charge in [0.25, 0.3) is 0 Å². The van der Waals surface area contributed by atoms with E-state index in [1.807, 2.05) is 11.4 Å². The number of rotatable bonds is 3. The topological polar surface area (TPSA) is 12.0 Å². The summed E-state index contributed by atoms with van der Waals surface area (Å²) in [5, 5.41) is 4.91. The van der Waals surface area contributed by atoms with Crippen LogP contribution in [0.25, 0.3) is 0 Å². The van der Waals surface area contributed by atoms with Crippen LogP contribution in [0.4, 0.5) is 18.9 Å². The second-order valence-electron chi connectivity index (χ2n) is 3.81. The molecule has 0 fully saturated rings. The van der Waals surface area contributed by atoms with Crippen molar-refractivity contribution in [3.63, 3.8) is 0 Å². The molecule has 0 spiro atoms. The minimum absolute atomic E-state index is 0.0599. The molecule has 102 valence electrons. The fraction of sp³-hybridized carbons (Fsp3) is 0.167. The monoisotopic (exact) mass is 369 g/mol. The second-order valence-corrected chi connectivity index (χ2v) is 6.16. The molecule has 7 heteroatoms. The first-order valence-electron chi connectivity index (χ1n) is 5.19. The lowest BCUT2D eigenvalue weighted by Gasteiger charge is -2.11. The van der Waals surface area contributed by atoms with Gasteiger partial charge in [0.15, 0.2) is 0 Å². The van der Waals surface area contributed by atoms with Crippen molar-refractivity contribution in [3.8, 4) is 0 Å². The third-order valence-electron chi connectivity index (χ3n) is 2.31. The van der Waals surface area contributed by atoms with Crippen LogP contribution in [0.3, 0.4) is 0 Å². The summed E-state index contributed by atoms with van der Waals surface area (Å²) in [6, 6.07) is 5.34. The molecule has 2 rings (SSSR count). The number of hydrogen-bond acceptors (Lipinski definition) is 2. The number of halogens is 5. The van der Waals surface area contributed by atoms with E-state index in [-0.39, 0.29) is 5.02 Å². The molecular formula is C12H8BrClF3NS. The molecule has 19 heavy (non-hydrogen) atoms. The molecule has 0 atom stereocenters. The minimum atomic E-state index is -4.40. The Morgan fingerprint density at radius 2 is 1.95 bits per heavy atom. The standard InChI is InChI=1S/C12H8BrClF3NS/c13-8-3-11(19-6-8)5-18-10-2-7(12(15,16)17)1-9(14)4-10/h1-4,6,18H,5H2. The molecule has 0 unspecified atom stereocenters. The van der Waals surface area contributed by atoms with Crippen LogP contribution in [0, 0.1) is 0 Å². The van der Waals surface area contributed by atoms with Crippen molar-refractivity contribution in [1.82, 2.24) is 0 Å². The van der Waals surface area contributed by atoms with Gasteiger partial charge in [-0.05, 0) is 40.2 Å². The highest BCUT2D eigenvalue weighted by Crippen LogP contribution is 2.33. The zero-order valence-corrected chi connectivity index (χ0v) is 12.6. The van der Waals surface area contributed by atoms with Crippen molar-refractivity contribution in [1.29, 1.82) is 0 Å². The average molecular weight is 371 g/mol. The molecule has 2 aromatic rings. The van der Waals surface area contributed by atoms with Crippen LogP contribution in [-0.2, 0) is 12.7 Å². The van der Waals surface area contributed by atoms with E-state index in [0.717, 1.165) is 21.5 Å².